The summed E-state index contributed by atoms with van der Waals surface area (Å²) in [7, 11) is 0. The predicted octanol–water partition coefficient (Wildman–Crippen LogP) is 3.07. The summed E-state index contributed by atoms with van der Waals surface area (Å²) in [4.78, 5) is 4.25. The zero-order valence-electron chi connectivity index (χ0n) is 9.98. The van der Waals surface area contributed by atoms with Crippen LogP contribution in [0, 0.1) is 5.82 Å². The lowest BCUT2D eigenvalue weighted by Crippen LogP contribution is -2.09. The third kappa shape index (κ3) is 2.39. The summed E-state index contributed by atoms with van der Waals surface area (Å²) in [6, 6.07) is 4.80. The van der Waals surface area contributed by atoms with Crippen molar-refractivity contribution in [3.8, 4) is 0 Å². The lowest BCUT2D eigenvalue weighted by atomic mass is 10.2. The van der Waals surface area contributed by atoms with Crippen LogP contribution in [0.3, 0.4) is 0 Å². The Morgan fingerprint density at radius 2 is 2.29 bits per heavy atom. The van der Waals surface area contributed by atoms with Crippen LogP contribution in [0.25, 0.3) is 11.0 Å². The molecule has 0 fully saturated rings. The third-order valence-corrected chi connectivity index (χ3v) is 3.50. The lowest BCUT2D eigenvalue weighted by molar-refractivity contribution is 0.554. The number of rotatable bonds is 4. The number of nitrogens with zero attached hydrogens (tertiary/aromatic N) is 2. The van der Waals surface area contributed by atoms with E-state index in [1.165, 1.54) is 12.1 Å². The average Bonchev–Trinajstić information content (AvgIpc) is 2.61. The van der Waals surface area contributed by atoms with E-state index in [0.29, 0.717) is 5.95 Å². The fourth-order valence-electron chi connectivity index (χ4n) is 1.97. The Kier molecular flexibility index (Phi) is 3.57. The summed E-state index contributed by atoms with van der Waals surface area (Å²) in [6.45, 7) is 2.08. The van der Waals surface area contributed by atoms with Gasteiger partial charge in [-0.25, -0.2) is 9.37 Å². The summed E-state index contributed by atoms with van der Waals surface area (Å²) in [5.74, 6) is 1.25. The van der Waals surface area contributed by atoms with Crippen LogP contribution >= 0.6 is 11.8 Å². The van der Waals surface area contributed by atoms with Crippen molar-refractivity contribution in [2.75, 3.05) is 17.7 Å². The van der Waals surface area contributed by atoms with Gasteiger partial charge in [0.15, 0.2) is 0 Å². The fraction of sp³-hybridized carbons (Fsp3) is 0.417. The van der Waals surface area contributed by atoms with Crippen molar-refractivity contribution in [1.29, 1.82) is 0 Å². The number of anilines is 1. The SMILES string of the molecule is CSCCC(C)n1c(N)nc2ccc(F)cc21. The minimum Gasteiger partial charge on any atom is -0.369 e. The van der Waals surface area contributed by atoms with Gasteiger partial charge in [-0.3, -0.25) is 0 Å². The first kappa shape index (κ1) is 12.2. The van der Waals surface area contributed by atoms with E-state index in [-0.39, 0.29) is 11.9 Å². The molecular weight excluding hydrogens is 237 g/mol. The molecule has 0 aliphatic rings. The molecule has 0 bridgehead atoms. The van der Waals surface area contributed by atoms with Gasteiger partial charge in [0, 0.05) is 6.04 Å². The van der Waals surface area contributed by atoms with E-state index >= 15 is 0 Å². The van der Waals surface area contributed by atoms with Crippen molar-refractivity contribution in [3.63, 3.8) is 0 Å². The van der Waals surface area contributed by atoms with Crippen LogP contribution in [-0.4, -0.2) is 21.6 Å². The van der Waals surface area contributed by atoms with Gasteiger partial charge in [0.25, 0.3) is 0 Å². The predicted molar refractivity (Wildman–Crippen MR) is 71.8 cm³/mol. The second-order valence-electron chi connectivity index (χ2n) is 4.10. The van der Waals surface area contributed by atoms with Crippen LogP contribution in [0.1, 0.15) is 19.4 Å². The molecule has 1 atom stereocenters. The van der Waals surface area contributed by atoms with Crippen LogP contribution in [0.5, 0.6) is 0 Å². The molecule has 1 aromatic carbocycles. The Bertz CT molecular complexity index is 524. The van der Waals surface area contributed by atoms with Crippen LogP contribution in [-0.2, 0) is 0 Å². The van der Waals surface area contributed by atoms with Crippen molar-refractivity contribution in [1.82, 2.24) is 9.55 Å². The number of nitrogens with two attached hydrogens (primary N) is 1. The number of aromatic nitrogens is 2. The molecule has 1 heterocycles. The van der Waals surface area contributed by atoms with Gasteiger partial charge in [-0.05, 0) is 43.6 Å². The van der Waals surface area contributed by atoms with Crippen LogP contribution < -0.4 is 5.73 Å². The van der Waals surface area contributed by atoms with Gasteiger partial charge in [0.1, 0.15) is 5.82 Å². The van der Waals surface area contributed by atoms with E-state index in [9.17, 15) is 4.39 Å². The summed E-state index contributed by atoms with van der Waals surface area (Å²) in [6.07, 6.45) is 3.06. The molecule has 92 valence electrons. The minimum atomic E-state index is -0.254. The summed E-state index contributed by atoms with van der Waals surface area (Å²) < 4.78 is 15.2. The number of nitrogen functional groups attached to an aromatic ring is 1. The number of fused-ring (bicyclic) bond motifs is 1. The molecule has 1 unspecified atom stereocenters. The maximum atomic E-state index is 13.3. The number of halogens is 1. The monoisotopic (exact) mass is 253 g/mol. The van der Waals surface area contributed by atoms with Gasteiger partial charge < -0.3 is 10.3 Å². The molecule has 17 heavy (non-hydrogen) atoms. The molecule has 2 N–H and O–H groups in total. The van der Waals surface area contributed by atoms with E-state index < -0.39 is 0 Å². The van der Waals surface area contributed by atoms with Gasteiger partial charge in [0.2, 0.25) is 5.95 Å². The smallest absolute Gasteiger partial charge is 0.201 e. The summed E-state index contributed by atoms with van der Waals surface area (Å²) in [5.41, 5.74) is 7.42. The second kappa shape index (κ2) is 4.96. The highest BCUT2D eigenvalue weighted by Gasteiger charge is 2.14. The van der Waals surface area contributed by atoms with Gasteiger partial charge in [-0.15, -0.1) is 0 Å². The molecule has 2 aromatic rings. The average molecular weight is 253 g/mol. The number of thioether (sulfide) groups is 1. The zero-order chi connectivity index (χ0) is 12.4. The molecule has 5 heteroatoms. The van der Waals surface area contributed by atoms with Crippen LogP contribution in [0.15, 0.2) is 18.2 Å². The highest BCUT2D eigenvalue weighted by Crippen LogP contribution is 2.25. The van der Waals surface area contributed by atoms with Crippen molar-refractivity contribution >= 4 is 28.7 Å². The Morgan fingerprint density at radius 3 is 3.00 bits per heavy atom. The van der Waals surface area contributed by atoms with Gasteiger partial charge >= 0.3 is 0 Å². The first-order valence-electron chi connectivity index (χ1n) is 5.55. The highest BCUT2D eigenvalue weighted by atomic mass is 32.2. The van der Waals surface area contributed by atoms with E-state index in [0.717, 1.165) is 23.2 Å². The topological polar surface area (TPSA) is 43.8 Å². The quantitative estimate of drug-likeness (QED) is 0.910. The van der Waals surface area contributed by atoms with Crippen molar-refractivity contribution in [2.24, 2.45) is 0 Å². The van der Waals surface area contributed by atoms with E-state index in [1.807, 2.05) is 4.57 Å². The molecule has 0 saturated heterocycles. The zero-order valence-corrected chi connectivity index (χ0v) is 10.8. The molecule has 2 rings (SSSR count). The molecule has 0 saturated carbocycles. The third-order valence-electron chi connectivity index (χ3n) is 2.86. The van der Waals surface area contributed by atoms with Crippen molar-refractivity contribution in [3.05, 3.63) is 24.0 Å². The Hall–Kier alpha value is -1.23. The molecular formula is C12H16FN3S. The first-order chi connectivity index (χ1) is 8.13. The number of benzene rings is 1. The Morgan fingerprint density at radius 1 is 1.53 bits per heavy atom. The molecule has 1 aromatic heterocycles. The molecule has 0 spiro atoms. The van der Waals surface area contributed by atoms with Crippen molar-refractivity contribution < 1.29 is 4.39 Å². The van der Waals surface area contributed by atoms with Gasteiger partial charge in [-0.2, -0.15) is 11.8 Å². The lowest BCUT2D eigenvalue weighted by Gasteiger charge is -2.15. The fourth-order valence-corrected chi connectivity index (χ4v) is 2.54. The summed E-state index contributed by atoms with van der Waals surface area (Å²) in [5, 5.41) is 0. The van der Waals surface area contributed by atoms with E-state index in [2.05, 4.69) is 18.2 Å². The van der Waals surface area contributed by atoms with Gasteiger partial charge in [0.05, 0.1) is 11.0 Å². The van der Waals surface area contributed by atoms with Crippen LogP contribution in [0.2, 0.25) is 0 Å². The molecule has 0 aliphatic carbocycles. The molecule has 3 nitrogen and oxygen atoms in total. The van der Waals surface area contributed by atoms with Crippen LogP contribution in [0.4, 0.5) is 10.3 Å². The first-order valence-corrected chi connectivity index (χ1v) is 6.94. The Labute approximate surface area is 104 Å². The summed E-state index contributed by atoms with van der Waals surface area (Å²) >= 11 is 1.79. The molecule has 0 amide bonds. The van der Waals surface area contributed by atoms with Crippen molar-refractivity contribution in [2.45, 2.75) is 19.4 Å². The van der Waals surface area contributed by atoms with Gasteiger partial charge in [-0.1, -0.05) is 0 Å². The standard InChI is InChI=1S/C12H16FN3S/c1-8(5-6-17-2)16-11-7-9(13)3-4-10(11)15-12(16)14/h3-4,7-8H,5-6H2,1-2H3,(H2,14,15). The molecule has 0 radical (unpaired) electrons. The number of imidazole rings is 1. The largest absolute Gasteiger partial charge is 0.369 e. The highest BCUT2D eigenvalue weighted by molar-refractivity contribution is 7.98. The molecule has 0 aliphatic heterocycles. The van der Waals surface area contributed by atoms with E-state index in [4.69, 9.17) is 5.73 Å². The minimum absolute atomic E-state index is 0.231. The Balaban J connectivity index is 2.44. The number of hydrogen-bond acceptors (Lipinski definition) is 3. The normalized spacial score (nSPS) is 13.1. The second-order valence-corrected chi connectivity index (χ2v) is 5.09. The maximum Gasteiger partial charge on any atom is 0.201 e. The maximum absolute atomic E-state index is 13.3. The number of hydrogen-bond donors (Lipinski definition) is 1. The van der Waals surface area contributed by atoms with E-state index in [1.54, 1.807) is 17.8 Å².